The molecule has 3 heterocycles. The molecule has 2 aliphatic rings. The van der Waals surface area contributed by atoms with Gasteiger partial charge in [0.2, 0.25) is 0 Å². The van der Waals surface area contributed by atoms with Gasteiger partial charge in [0.1, 0.15) is 17.2 Å². The molecule has 2 amide bonds. The van der Waals surface area contributed by atoms with Gasteiger partial charge in [0.25, 0.3) is 11.8 Å². The Balaban J connectivity index is 1.50. The van der Waals surface area contributed by atoms with E-state index in [1.807, 2.05) is 78.2 Å². The molecule has 1 saturated carbocycles. The molecule has 0 spiro atoms. The van der Waals surface area contributed by atoms with Gasteiger partial charge in [-0.05, 0) is 43.0 Å². The molecule has 1 fully saturated rings. The van der Waals surface area contributed by atoms with Crippen molar-refractivity contribution in [3.05, 3.63) is 89.3 Å². The van der Waals surface area contributed by atoms with Crippen molar-refractivity contribution in [2.45, 2.75) is 70.1 Å². The summed E-state index contributed by atoms with van der Waals surface area (Å²) in [5, 5.41) is 3.41. The number of amides is 2. The third kappa shape index (κ3) is 4.50. The van der Waals surface area contributed by atoms with Crippen LogP contribution in [0.3, 0.4) is 0 Å². The van der Waals surface area contributed by atoms with Crippen molar-refractivity contribution < 1.29 is 18.7 Å². The lowest BCUT2D eigenvalue weighted by atomic mass is 9.83. The molecule has 0 radical (unpaired) electrons. The lowest BCUT2D eigenvalue weighted by Gasteiger charge is -2.47. The van der Waals surface area contributed by atoms with Gasteiger partial charge in [0, 0.05) is 24.7 Å². The topological polar surface area (TPSA) is 76.7 Å². The lowest BCUT2D eigenvalue weighted by Crippen LogP contribution is -2.63. The molecule has 1 N–H and O–H groups in total. The van der Waals surface area contributed by atoms with E-state index < -0.39 is 5.54 Å². The Labute approximate surface area is 228 Å². The molecule has 1 aliphatic heterocycles. The molecule has 2 aromatic carbocycles. The quantitative estimate of drug-likeness (QED) is 0.316. The Kier molecular flexibility index (Phi) is 6.67. The van der Waals surface area contributed by atoms with Gasteiger partial charge in [-0.15, -0.1) is 0 Å². The van der Waals surface area contributed by atoms with Crippen molar-refractivity contribution in [2.24, 2.45) is 0 Å². The number of aryl methyl sites for hydroxylation is 1. The number of methoxy groups -OCH3 is 1. The molecule has 0 unspecified atom stereocenters. The van der Waals surface area contributed by atoms with Crippen LogP contribution in [0.5, 0.6) is 5.75 Å². The number of benzene rings is 2. The molecule has 6 rings (SSSR count). The SMILES string of the molecule is COc1ccc(CN2C(=O)c3cc4oc(C)cc4n3C[C@]2(C(=O)NC2CCCCCC2)c2ccccc2)cc1. The van der Waals surface area contributed by atoms with Crippen LogP contribution in [0.15, 0.2) is 71.1 Å². The number of hydrogen-bond acceptors (Lipinski definition) is 4. The minimum Gasteiger partial charge on any atom is -0.497 e. The van der Waals surface area contributed by atoms with Crippen LogP contribution in [0.25, 0.3) is 11.1 Å². The van der Waals surface area contributed by atoms with E-state index in [0.717, 1.165) is 53.8 Å². The molecular weight excluding hydrogens is 490 g/mol. The second kappa shape index (κ2) is 10.3. The highest BCUT2D eigenvalue weighted by Gasteiger charge is 2.53. The van der Waals surface area contributed by atoms with Gasteiger partial charge in [-0.2, -0.15) is 0 Å². The predicted molar refractivity (Wildman–Crippen MR) is 150 cm³/mol. The molecule has 7 heteroatoms. The van der Waals surface area contributed by atoms with Crippen molar-refractivity contribution in [3.8, 4) is 5.75 Å². The Hall–Kier alpha value is -4.00. The van der Waals surface area contributed by atoms with Gasteiger partial charge in [0.05, 0.1) is 19.2 Å². The van der Waals surface area contributed by atoms with Crippen LogP contribution in [0.2, 0.25) is 0 Å². The van der Waals surface area contributed by atoms with Gasteiger partial charge in [0.15, 0.2) is 11.1 Å². The molecular formula is C32H35N3O4. The van der Waals surface area contributed by atoms with Gasteiger partial charge < -0.3 is 23.9 Å². The number of carbonyl (C=O) groups is 2. The molecule has 2 aromatic heterocycles. The number of fused-ring (bicyclic) bond motifs is 3. The number of nitrogens with zero attached hydrogens (tertiary/aromatic N) is 2. The zero-order chi connectivity index (χ0) is 27.0. The minimum absolute atomic E-state index is 0.0979. The van der Waals surface area contributed by atoms with Crippen LogP contribution in [-0.4, -0.2) is 34.4 Å². The van der Waals surface area contributed by atoms with Crippen molar-refractivity contribution >= 4 is 22.9 Å². The molecule has 0 bridgehead atoms. The van der Waals surface area contributed by atoms with Gasteiger partial charge >= 0.3 is 0 Å². The highest BCUT2D eigenvalue weighted by atomic mass is 16.5. The Bertz CT molecular complexity index is 1480. The van der Waals surface area contributed by atoms with E-state index in [1.165, 1.54) is 12.8 Å². The molecule has 7 nitrogen and oxygen atoms in total. The van der Waals surface area contributed by atoms with Crippen molar-refractivity contribution in [1.29, 1.82) is 0 Å². The fraction of sp³-hybridized carbons (Fsp3) is 0.375. The average molecular weight is 526 g/mol. The monoisotopic (exact) mass is 525 g/mol. The predicted octanol–water partition coefficient (Wildman–Crippen LogP) is 5.94. The van der Waals surface area contributed by atoms with Crippen molar-refractivity contribution in [2.75, 3.05) is 7.11 Å². The Morgan fingerprint density at radius 2 is 1.74 bits per heavy atom. The minimum atomic E-state index is -1.24. The van der Waals surface area contributed by atoms with Crippen LogP contribution in [0.4, 0.5) is 0 Å². The molecule has 4 aromatic rings. The summed E-state index contributed by atoms with van der Waals surface area (Å²) in [4.78, 5) is 30.8. The summed E-state index contributed by atoms with van der Waals surface area (Å²) >= 11 is 0. The van der Waals surface area contributed by atoms with E-state index in [1.54, 1.807) is 12.0 Å². The largest absolute Gasteiger partial charge is 0.497 e. The summed E-state index contributed by atoms with van der Waals surface area (Å²) in [6.07, 6.45) is 6.53. The fourth-order valence-corrected chi connectivity index (χ4v) is 6.27. The standard InChI is InChI=1S/C32H35N3O4/c1-22-18-27-29(39-22)19-28-30(36)35(20-23-14-16-26(38-2)17-15-23)32(21-34(27)28,24-10-6-5-7-11-24)31(37)33-25-12-8-3-4-9-13-25/h5-7,10-11,14-19,25H,3-4,8-9,12-13,20-21H2,1-2H3,(H,33,37)/t32-/m1/s1. The van der Waals surface area contributed by atoms with Gasteiger partial charge in [-0.1, -0.05) is 68.1 Å². The summed E-state index contributed by atoms with van der Waals surface area (Å²) in [6, 6.07) is 21.3. The normalized spacial score (nSPS) is 20.1. The molecule has 1 aliphatic carbocycles. The number of furan rings is 1. The van der Waals surface area contributed by atoms with E-state index in [2.05, 4.69) is 5.32 Å². The van der Waals surface area contributed by atoms with Crippen molar-refractivity contribution in [3.63, 3.8) is 0 Å². The van der Waals surface area contributed by atoms with E-state index in [4.69, 9.17) is 9.15 Å². The second-order valence-electron chi connectivity index (χ2n) is 10.8. The maximum atomic E-state index is 14.7. The Morgan fingerprint density at radius 3 is 2.44 bits per heavy atom. The number of ether oxygens (including phenoxy) is 1. The molecule has 39 heavy (non-hydrogen) atoms. The van der Waals surface area contributed by atoms with E-state index in [9.17, 15) is 9.59 Å². The number of carbonyl (C=O) groups excluding carboxylic acids is 2. The summed E-state index contributed by atoms with van der Waals surface area (Å²) in [5.74, 6) is 1.20. The van der Waals surface area contributed by atoms with Crippen LogP contribution >= 0.6 is 0 Å². The number of rotatable bonds is 6. The second-order valence-corrected chi connectivity index (χ2v) is 10.8. The van der Waals surface area contributed by atoms with Crippen LogP contribution in [0, 0.1) is 6.92 Å². The van der Waals surface area contributed by atoms with Crippen molar-refractivity contribution in [1.82, 2.24) is 14.8 Å². The lowest BCUT2D eigenvalue weighted by molar-refractivity contribution is -0.136. The third-order valence-corrected chi connectivity index (χ3v) is 8.34. The summed E-state index contributed by atoms with van der Waals surface area (Å²) in [6.45, 7) is 2.48. The molecule has 0 saturated heterocycles. The van der Waals surface area contributed by atoms with Crippen LogP contribution in [-0.2, 0) is 23.4 Å². The summed E-state index contributed by atoms with van der Waals surface area (Å²) < 4.78 is 13.2. The maximum absolute atomic E-state index is 14.7. The highest BCUT2D eigenvalue weighted by Crippen LogP contribution is 2.41. The fourth-order valence-electron chi connectivity index (χ4n) is 6.27. The number of aromatic nitrogens is 1. The van der Waals surface area contributed by atoms with E-state index in [0.29, 0.717) is 17.8 Å². The first kappa shape index (κ1) is 25.3. The average Bonchev–Trinajstić information content (AvgIpc) is 3.35. The zero-order valence-electron chi connectivity index (χ0n) is 22.6. The first-order chi connectivity index (χ1) is 19.0. The van der Waals surface area contributed by atoms with Gasteiger partial charge in [-0.3, -0.25) is 9.59 Å². The van der Waals surface area contributed by atoms with E-state index in [-0.39, 0.29) is 24.4 Å². The smallest absolute Gasteiger partial charge is 0.272 e. The summed E-state index contributed by atoms with van der Waals surface area (Å²) in [7, 11) is 1.63. The first-order valence-corrected chi connectivity index (χ1v) is 13.9. The first-order valence-electron chi connectivity index (χ1n) is 13.9. The molecule has 202 valence electrons. The van der Waals surface area contributed by atoms with E-state index >= 15 is 0 Å². The third-order valence-electron chi connectivity index (χ3n) is 8.34. The maximum Gasteiger partial charge on any atom is 0.272 e. The van der Waals surface area contributed by atoms with Gasteiger partial charge in [-0.25, -0.2) is 0 Å². The zero-order valence-corrected chi connectivity index (χ0v) is 22.6. The highest BCUT2D eigenvalue weighted by molar-refractivity contribution is 6.03. The Morgan fingerprint density at radius 1 is 1.03 bits per heavy atom. The molecule has 1 atom stereocenters. The van der Waals surface area contributed by atoms with Crippen LogP contribution < -0.4 is 10.1 Å². The summed E-state index contributed by atoms with van der Waals surface area (Å²) in [5.41, 5.74) is 2.51. The number of nitrogens with one attached hydrogen (secondary N) is 1. The van der Waals surface area contributed by atoms with Crippen LogP contribution in [0.1, 0.15) is 65.9 Å². The number of hydrogen-bond donors (Lipinski definition) is 1.